The van der Waals surface area contributed by atoms with Gasteiger partial charge in [0.1, 0.15) is 0 Å². The maximum Gasteiger partial charge on any atom is 0.255 e. The first-order valence-electron chi connectivity index (χ1n) is 7.74. The standard InChI is InChI=1S/C17H18N2O3/c20-15-10-12(11-4-1-2-5-13(11)18-15)16(21)19-9-3-6-14(19)17(22)7-8-17/h1-2,4-5,10,14,22H,3,6-9H2,(H,18,20). The van der Waals surface area contributed by atoms with E-state index in [4.69, 9.17) is 0 Å². The van der Waals surface area contributed by atoms with E-state index in [1.165, 1.54) is 6.07 Å². The number of benzene rings is 1. The average Bonchev–Trinajstić information content (AvgIpc) is 3.07. The second-order valence-electron chi connectivity index (χ2n) is 6.35. The number of carbonyl (C=O) groups excluding carboxylic acids is 1. The minimum absolute atomic E-state index is 0.113. The number of carbonyl (C=O) groups is 1. The van der Waals surface area contributed by atoms with Gasteiger partial charge in [0, 0.05) is 23.5 Å². The van der Waals surface area contributed by atoms with Gasteiger partial charge in [0.05, 0.1) is 17.2 Å². The van der Waals surface area contributed by atoms with Crippen molar-refractivity contribution in [3.8, 4) is 0 Å². The van der Waals surface area contributed by atoms with E-state index in [9.17, 15) is 14.7 Å². The molecule has 5 nitrogen and oxygen atoms in total. The van der Waals surface area contributed by atoms with Crippen LogP contribution in [0.15, 0.2) is 35.1 Å². The zero-order valence-corrected chi connectivity index (χ0v) is 12.2. The molecule has 0 bridgehead atoms. The highest BCUT2D eigenvalue weighted by Crippen LogP contribution is 2.45. The number of H-pyrrole nitrogens is 1. The molecule has 1 atom stereocenters. The van der Waals surface area contributed by atoms with Gasteiger partial charge in [-0.05, 0) is 31.7 Å². The number of para-hydroxylation sites is 1. The monoisotopic (exact) mass is 298 g/mol. The van der Waals surface area contributed by atoms with Crippen molar-refractivity contribution >= 4 is 16.8 Å². The number of fused-ring (bicyclic) bond motifs is 1. The Balaban J connectivity index is 1.78. The van der Waals surface area contributed by atoms with Crippen LogP contribution in [0.5, 0.6) is 0 Å². The maximum absolute atomic E-state index is 13.0. The van der Waals surface area contributed by atoms with Gasteiger partial charge in [-0.15, -0.1) is 0 Å². The molecule has 22 heavy (non-hydrogen) atoms. The lowest BCUT2D eigenvalue weighted by molar-refractivity contribution is 0.0388. The normalized spacial score (nSPS) is 23.0. The van der Waals surface area contributed by atoms with E-state index in [0.29, 0.717) is 17.6 Å². The average molecular weight is 298 g/mol. The van der Waals surface area contributed by atoms with Crippen LogP contribution in [0.25, 0.3) is 10.9 Å². The van der Waals surface area contributed by atoms with E-state index < -0.39 is 5.60 Å². The number of likely N-dealkylation sites (tertiary alicyclic amines) is 1. The molecule has 1 amide bonds. The molecule has 1 unspecified atom stereocenters. The molecule has 2 fully saturated rings. The third-order valence-corrected chi connectivity index (χ3v) is 4.88. The predicted molar refractivity (Wildman–Crippen MR) is 82.8 cm³/mol. The number of amides is 1. The van der Waals surface area contributed by atoms with Crippen LogP contribution < -0.4 is 5.56 Å². The van der Waals surface area contributed by atoms with Crippen molar-refractivity contribution in [2.24, 2.45) is 0 Å². The summed E-state index contributed by atoms with van der Waals surface area (Å²) in [5.41, 5.74) is 0.112. The van der Waals surface area contributed by atoms with Crippen LogP contribution in [-0.2, 0) is 0 Å². The summed E-state index contributed by atoms with van der Waals surface area (Å²) in [5, 5.41) is 11.2. The Bertz CT molecular complexity index is 807. The Labute approximate surface area is 127 Å². The van der Waals surface area contributed by atoms with E-state index >= 15 is 0 Å². The summed E-state index contributed by atoms with van der Waals surface area (Å²) in [6.07, 6.45) is 3.26. The highest BCUT2D eigenvalue weighted by Gasteiger charge is 2.52. The van der Waals surface area contributed by atoms with Crippen LogP contribution in [-0.4, -0.2) is 39.1 Å². The second-order valence-corrected chi connectivity index (χ2v) is 6.35. The van der Waals surface area contributed by atoms with Gasteiger partial charge in [0.15, 0.2) is 0 Å². The van der Waals surface area contributed by atoms with E-state index in [-0.39, 0.29) is 17.5 Å². The number of pyridine rings is 1. The summed E-state index contributed by atoms with van der Waals surface area (Å²) in [6, 6.07) is 8.58. The first kappa shape index (κ1) is 13.5. The molecule has 4 rings (SSSR count). The summed E-state index contributed by atoms with van der Waals surface area (Å²) >= 11 is 0. The molecular weight excluding hydrogens is 280 g/mol. The van der Waals surface area contributed by atoms with E-state index in [2.05, 4.69) is 4.98 Å². The van der Waals surface area contributed by atoms with Gasteiger partial charge in [0.2, 0.25) is 5.56 Å². The zero-order valence-electron chi connectivity index (χ0n) is 12.2. The molecular formula is C17H18N2O3. The largest absolute Gasteiger partial charge is 0.388 e. The molecule has 5 heteroatoms. The van der Waals surface area contributed by atoms with Gasteiger partial charge in [-0.3, -0.25) is 9.59 Å². The Morgan fingerprint density at radius 3 is 2.86 bits per heavy atom. The van der Waals surface area contributed by atoms with Crippen molar-refractivity contribution in [2.75, 3.05) is 6.54 Å². The lowest BCUT2D eigenvalue weighted by atomic mass is 10.0. The highest BCUT2D eigenvalue weighted by atomic mass is 16.3. The van der Waals surface area contributed by atoms with Crippen molar-refractivity contribution in [1.82, 2.24) is 9.88 Å². The number of hydrogen-bond acceptors (Lipinski definition) is 3. The first-order chi connectivity index (χ1) is 10.6. The van der Waals surface area contributed by atoms with Crippen molar-refractivity contribution in [3.05, 3.63) is 46.2 Å². The van der Waals surface area contributed by atoms with Crippen LogP contribution in [0.4, 0.5) is 0 Å². The molecule has 1 aromatic heterocycles. The maximum atomic E-state index is 13.0. The Kier molecular flexibility index (Phi) is 2.87. The molecule has 2 N–H and O–H groups in total. The summed E-state index contributed by atoms with van der Waals surface area (Å²) in [7, 11) is 0. The van der Waals surface area contributed by atoms with E-state index in [1.54, 1.807) is 11.0 Å². The molecule has 0 radical (unpaired) electrons. The molecule has 2 aliphatic rings. The Morgan fingerprint density at radius 2 is 2.09 bits per heavy atom. The summed E-state index contributed by atoms with van der Waals surface area (Å²) in [4.78, 5) is 29.3. The molecule has 114 valence electrons. The second kappa shape index (κ2) is 4.68. The smallest absolute Gasteiger partial charge is 0.255 e. The number of rotatable bonds is 2. The molecule has 1 aliphatic heterocycles. The number of aromatic nitrogens is 1. The molecule has 2 aromatic rings. The first-order valence-corrected chi connectivity index (χ1v) is 7.74. The zero-order chi connectivity index (χ0) is 15.3. The fourth-order valence-electron chi connectivity index (χ4n) is 3.57. The van der Waals surface area contributed by atoms with E-state index in [0.717, 1.165) is 31.1 Å². The summed E-state index contributed by atoms with van der Waals surface area (Å²) in [5.74, 6) is -0.148. The number of nitrogens with zero attached hydrogens (tertiary/aromatic N) is 1. The van der Waals surface area contributed by atoms with Gasteiger partial charge < -0.3 is 15.0 Å². The number of nitrogens with one attached hydrogen (secondary N) is 1. The lowest BCUT2D eigenvalue weighted by Gasteiger charge is -2.29. The SMILES string of the molecule is O=C(c1cc(=O)[nH]c2ccccc12)N1CCCC1C1(O)CC1. The van der Waals surface area contributed by atoms with Gasteiger partial charge >= 0.3 is 0 Å². The van der Waals surface area contributed by atoms with Crippen molar-refractivity contribution in [1.29, 1.82) is 0 Å². The topological polar surface area (TPSA) is 73.4 Å². The number of hydrogen-bond donors (Lipinski definition) is 2. The van der Waals surface area contributed by atoms with Crippen molar-refractivity contribution in [3.63, 3.8) is 0 Å². The Morgan fingerprint density at radius 1 is 1.32 bits per heavy atom. The molecule has 1 saturated carbocycles. The fraction of sp³-hybridized carbons (Fsp3) is 0.412. The van der Waals surface area contributed by atoms with Crippen LogP contribution in [0, 0.1) is 0 Å². The third kappa shape index (κ3) is 2.04. The van der Waals surface area contributed by atoms with Gasteiger partial charge in [-0.2, -0.15) is 0 Å². The summed E-state index contributed by atoms with van der Waals surface area (Å²) < 4.78 is 0. The molecule has 0 spiro atoms. The molecule has 1 saturated heterocycles. The molecule has 1 aliphatic carbocycles. The number of aromatic amines is 1. The van der Waals surface area contributed by atoms with Crippen LogP contribution >= 0.6 is 0 Å². The van der Waals surface area contributed by atoms with Crippen LogP contribution in [0.2, 0.25) is 0 Å². The minimum atomic E-state index is -0.705. The summed E-state index contributed by atoms with van der Waals surface area (Å²) in [6.45, 7) is 0.646. The predicted octanol–water partition coefficient (Wildman–Crippen LogP) is 1.66. The van der Waals surface area contributed by atoms with Gasteiger partial charge in [-0.25, -0.2) is 0 Å². The fourth-order valence-corrected chi connectivity index (χ4v) is 3.57. The van der Waals surface area contributed by atoms with Crippen molar-refractivity contribution in [2.45, 2.75) is 37.3 Å². The van der Waals surface area contributed by atoms with Gasteiger partial charge in [0.25, 0.3) is 5.91 Å². The quantitative estimate of drug-likeness (QED) is 0.885. The highest BCUT2D eigenvalue weighted by molar-refractivity contribution is 6.06. The molecule has 1 aromatic carbocycles. The lowest BCUT2D eigenvalue weighted by Crippen LogP contribution is -2.44. The Hall–Kier alpha value is -2.14. The molecule has 2 heterocycles. The number of aliphatic hydroxyl groups is 1. The third-order valence-electron chi connectivity index (χ3n) is 4.88. The van der Waals surface area contributed by atoms with E-state index in [1.807, 2.05) is 18.2 Å². The van der Waals surface area contributed by atoms with Gasteiger partial charge in [-0.1, -0.05) is 18.2 Å². The van der Waals surface area contributed by atoms with Crippen LogP contribution in [0.3, 0.4) is 0 Å². The van der Waals surface area contributed by atoms with Crippen molar-refractivity contribution < 1.29 is 9.90 Å². The minimum Gasteiger partial charge on any atom is -0.388 e. The van der Waals surface area contributed by atoms with Crippen LogP contribution in [0.1, 0.15) is 36.0 Å².